The number of hydrogen-bond donors (Lipinski definition) is 0. The van der Waals surface area contributed by atoms with E-state index in [1.54, 1.807) is 0 Å². The lowest BCUT2D eigenvalue weighted by Crippen LogP contribution is -2.30. The van der Waals surface area contributed by atoms with Gasteiger partial charge < -0.3 is 14.2 Å². The monoisotopic (exact) mass is 983 g/mol. The van der Waals surface area contributed by atoms with Gasteiger partial charge in [-0.1, -0.05) is 301 Å². The maximum atomic E-state index is 12.9. The summed E-state index contributed by atoms with van der Waals surface area (Å²) in [6.07, 6.45) is 71.5. The van der Waals surface area contributed by atoms with Crippen molar-refractivity contribution in [3.8, 4) is 0 Å². The van der Waals surface area contributed by atoms with Crippen molar-refractivity contribution < 1.29 is 28.6 Å². The predicted octanol–water partition coefficient (Wildman–Crippen LogP) is 20.8. The fourth-order valence-corrected chi connectivity index (χ4v) is 9.28. The van der Waals surface area contributed by atoms with Crippen molar-refractivity contribution in [1.82, 2.24) is 0 Å². The van der Waals surface area contributed by atoms with Gasteiger partial charge in [-0.25, -0.2) is 0 Å². The molecule has 0 radical (unpaired) electrons. The zero-order chi connectivity index (χ0) is 50.7. The van der Waals surface area contributed by atoms with Crippen LogP contribution in [0.1, 0.15) is 335 Å². The first-order valence-corrected chi connectivity index (χ1v) is 31.0. The molecule has 0 fully saturated rings. The first-order valence-electron chi connectivity index (χ1n) is 31.0. The minimum Gasteiger partial charge on any atom is -0.462 e. The Morgan fingerprint density at radius 3 is 0.871 bits per heavy atom. The van der Waals surface area contributed by atoms with Gasteiger partial charge in [0.1, 0.15) is 13.2 Å². The van der Waals surface area contributed by atoms with E-state index >= 15 is 0 Å². The zero-order valence-electron chi connectivity index (χ0n) is 47.1. The highest BCUT2D eigenvalue weighted by Gasteiger charge is 2.19. The molecule has 0 heterocycles. The van der Waals surface area contributed by atoms with E-state index in [2.05, 4.69) is 57.2 Å². The molecule has 0 aromatic rings. The highest BCUT2D eigenvalue weighted by Crippen LogP contribution is 2.18. The van der Waals surface area contributed by atoms with Crippen LogP contribution in [0.2, 0.25) is 0 Å². The Morgan fingerprint density at radius 2 is 0.557 bits per heavy atom. The molecule has 0 aromatic heterocycles. The Kier molecular flexibility index (Phi) is 57.2. The molecular weight excluding hydrogens is 865 g/mol. The summed E-state index contributed by atoms with van der Waals surface area (Å²) in [6, 6.07) is 0. The molecule has 410 valence electrons. The summed E-state index contributed by atoms with van der Waals surface area (Å²) in [5.41, 5.74) is 0. The highest BCUT2D eigenvalue weighted by molar-refractivity contribution is 5.71. The van der Waals surface area contributed by atoms with Crippen LogP contribution in [-0.4, -0.2) is 37.2 Å². The Hall–Kier alpha value is -2.37. The van der Waals surface area contributed by atoms with Crippen molar-refractivity contribution in [2.24, 2.45) is 0 Å². The molecular formula is C64H118O6. The minimum absolute atomic E-state index is 0.0710. The van der Waals surface area contributed by atoms with E-state index in [0.717, 1.165) is 83.5 Å². The van der Waals surface area contributed by atoms with E-state index < -0.39 is 6.10 Å². The van der Waals surface area contributed by atoms with Crippen molar-refractivity contribution in [1.29, 1.82) is 0 Å². The van der Waals surface area contributed by atoms with E-state index in [1.165, 1.54) is 212 Å². The molecule has 0 aliphatic rings. The summed E-state index contributed by atoms with van der Waals surface area (Å²) in [7, 11) is 0. The molecule has 0 aliphatic heterocycles. The summed E-state index contributed by atoms with van der Waals surface area (Å²) in [6.45, 7) is 6.58. The summed E-state index contributed by atoms with van der Waals surface area (Å²) in [4.78, 5) is 38.2. The smallest absolute Gasteiger partial charge is 0.306 e. The average molecular weight is 984 g/mol. The maximum Gasteiger partial charge on any atom is 0.306 e. The van der Waals surface area contributed by atoms with Gasteiger partial charge in [-0.2, -0.15) is 0 Å². The van der Waals surface area contributed by atoms with Crippen LogP contribution in [0, 0.1) is 0 Å². The SMILES string of the molecule is CC/C=C\C/C=C\C/C=C\CCCCCCCCCC(=O)OC(COC(=O)CCCCCCCCCCCCCCC)COC(=O)CCCCCCCCCCCCCCCCCCCCCCCC. The van der Waals surface area contributed by atoms with Crippen molar-refractivity contribution in [3.05, 3.63) is 36.5 Å². The van der Waals surface area contributed by atoms with Crippen molar-refractivity contribution >= 4 is 17.9 Å². The van der Waals surface area contributed by atoms with Gasteiger partial charge >= 0.3 is 17.9 Å². The average Bonchev–Trinajstić information content (AvgIpc) is 3.36. The second-order valence-corrected chi connectivity index (χ2v) is 21.0. The Bertz CT molecular complexity index is 1170. The van der Waals surface area contributed by atoms with Gasteiger partial charge in [0.2, 0.25) is 0 Å². The molecule has 0 aliphatic carbocycles. The summed E-state index contributed by atoms with van der Waals surface area (Å²) < 4.78 is 16.9. The van der Waals surface area contributed by atoms with Crippen LogP contribution >= 0.6 is 0 Å². The van der Waals surface area contributed by atoms with Crippen LogP contribution < -0.4 is 0 Å². The Labute approximate surface area is 435 Å². The third-order valence-electron chi connectivity index (χ3n) is 13.9. The van der Waals surface area contributed by atoms with Crippen molar-refractivity contribution in [2.45, 2.75) is 341 Å². The Balaban J connectivity index is 4.27. The molecule has 0 saturated heterocycles. The molecule has 0 aromatic carbocycles. The van der Waals surface area contributed by atoms with E-state index in [4.69, 9.17) is 14.2 Å². The molecule has 0 amide bonds. The van der Waals surface area contributed by atoms with Gasteiger partial charge in [0.05, 0.1) is 0 Å². The topological polar surface area (TPSA) is 78.9 Å². The minimum atomic E-state index is -0.774. The number of hydrogen-bond acceptors (Lipinski definition) is 6. The fraction of sp³-hybridized carbons (Fsp3) is 0.859. The van der Waals surface area contributed by atoms with Crippen LogP contribution in [-0.2, 0) is 28.6 Å². The van der Waals surface area contributed by atoms with Gasteiger partial charge in [0.25, 0.3) is 0 Å². The number of rotatable bonds is 57. The third kappa shape index (κ3) is 56.5. The van der Waals surface area contributed by atoms with Crippen LogP contribution in [0.3, 0.4) is 0 Å². The molecule has 0 rings (SSSR count). The lowest BCUT2D eigenvalue weighted by molar-refractivity contribution is -0.167. The van der Waals surface area contributed by atoms with Crippen molar-refractivity contribution in [2.75, 3.05) is 13.2 Å². The quantitative estimate of drug-likeness (QED) is 0.0261. The van der Waals surface area contributed by atoms with Gasteiger partial charge in [0.15, 0.2) is 6.10 Å². The second kappa shape index (κ2) is 59.2. The third-order valence-corrected chi connectivity index (χ3v) is 13.9. The number of carbonyl (C=O) groups excluding carboxylic acids is 3. The number of carbonyl (C=O) groups is 3. The molecule has 0 saturated carbocycles. The standard InChI is InChI=1S/C64H118O6/c1-4-7-10-13-16-19-22-25-27-29-30-31-32-33-35-36-39-42-45-48-51-54-57-63(66)69-60-61(59-68-62(65)56-53-50-47-44-41-38-24-21-18-15-12-9-6-3)70-64(67)58-55-52-49-46-43-40-37-34-28-26-23-20-17-14-11-8-5-2/h8,11,17,20,26,28,61H,4-7,9-10,12-16,18-19,21-25,27,29-60H2,1-3H3/b11-8-,20-17-,28-26-. The van der Waals surface area contributed by atoms with E-state index in [-0.39, 0.29) is 31.1 Å². The van der Waals surface area contributed by atoms with Crippen LogP contribution in [0.4, 0.5) is 0 Å². The second-order valence-electron chi connectivity index (χ2n) is 21.0. The highest BCUT2D eigenvalue weighted by atomic mass is 16.6. The molecule has 0 spiro atoms. The van der Waals surface area contributed by atoms with E-state index in [1.807, 2.05) is 0 Å². The summed E-state index contributed by atoms with van der Waals surface area (Å²) >= 11 is 0. The van der Waals surface area contributed by atoms with E-state index in [0.29, 0.717) is 19.3 Å². The van der Waals surface area contributed by atoms with Gasteiger partial charge in [-0.05, 0) is 51.4 Å². The molecule has 6 nitrogen and oxygen atoms in total. The molecule has 6 heteroatoms. The first kappa shape index (κ1) is 67.6. The van der Waals surface area contributed by atoms with Gasteiger partial charge in [-0.15, -0.1) is 0 Å². The maximum absolute atomic E-state index is 12.9. The Morgan fingerprint density at radius 1 is 0.300 bits per heavy atom. The van der Waals surface area contributed by atoms with E-state index in [9.17, 15) is 14.4 Å². The van der Waals surface area contributed by atoms with Crippen LogP contribution in [0.25, 0.3) is 0 Å². The molecule has 1 unspecified atom stereocenters. The lowest BCUT2D eigenvalue weighted by Gasteiger charge is -2.18. The van der Waals surface area contributed by atoms with Crippen molar-refractivity contribution in [3.63, 3.8) is 0 Å². The first-order chi connectivity index (χ1) is 34.5. The summed E-state index contributed by atoms with van der Waals surface area (Å²) in [5, 5.41) is 0. The normalized spacial score (nSPS) is 12.2. The predicted molar refractivity (Wildman–Crippen MR) is 302 cm³/mol. The molecule has 0 bridgehead atoms. The largest absolute Gasteiger partial charge is 0.462 e. The molecule has 70 heavy (non-hydrogen) atoms. The lowest BCUT2D eigenvalue weighted by atomic mass is 10.0. The van der Waals surface area contributed by atoms with Gasteiger partial charge in [-0.3, -0.25) is 14.4 Å². The number of ether oxygens (including phenoxy) is 3. The van der Waals surface area contributed by atoms with Gasteiger partial charge in [0, 0.05) is 19.3 Å². The number of unbranched alkanes of at least 4 members (excludes halogenated alkanes) is 40. The number of esters is 3. The fourth-order valence-electron chi connectivity index (χ4n) is 9.28. The molecule has 1 atom stereocenters. The summed E-state index contributed by atoms with van der Waals surface area (Å²) in [5.74, 6) is -0.858. The number of allylic oxidation sites excluding steroid dienone is 6. The van der Waals surface area contributed by atoms with Crippen LogP contribution in [0.5, 0.6) is 0 Å². The zero-order valence-corrected chi connectivity index (χ0v) is 47.1. The van der Waals surface area contributed by atoms with Crippen LogP contribution in [0.15, 0.2) is 36.5 Å². The molecule has 0 N–H and O–H groups in total.